The molecule has 0 amide bonds. The van der Waals surface area contributed by atoms with E-state index >= 15 is 0 Å². The first-order valence-electron chi connectivity index (χ1n) is 6.84. The molecule has 0 saturated carbocycles. The maximum absolute atomic E-state index is 9.87. The lowest BCUT2D eigenvalue weighted by molar-refractivity contribution is -0.141. The van der Waals surface area contributed by atoms with E-state index in [1.807, 2.05) is 18.2 Å². The molecular weight excluding hydrogens is 320 g/mol. The van der Waals surface area contributed by atoms with Crippen LogP contribution in [-0.4, -0.2) is 43.9 Å². The third-order valence-electron chi connectivity index (χ3n) is 2.16. The van der Waals surface area contributed by atoms with Gasteiger partial charge in [0.15, 0.2) is 0 Å². The second kappa shape index (κ2) is 14.0. The number of benzene rings is 1. The number of carbonyl (C=O) groups is 4. The van der Waals surface area contributed by atoms with Crippen molar-refractivity contribution in [3.05, 3.63) is 35.4 Å². The van der Waals surface area contributed by atoms with Crippen LogP contribution in [0.1, 0.15) is 37.8 Å². The van der Waals surface area contributed by atoms with Crippen molar-refractivity contribution in [2.75, 3.05) is 0 Å². The highest BCUT2D eigenvalue weighted by molar-refractivity contribution is 5.93. The smallest absolute Gasteiger partial charge is 0.310 e. The van der Waals surface area contributed by atoms with Crippen molar-refractivity contribution < 1.29 is 39.6 Å². The largest absolute Gasteiger partial charge is 0.481 e. The van der Waals surface area contributed by atoms with Crippen LogP contribution in [0.25, 0.3) is 0 Å². The number of carboxylic acid groups (broad SMARTS) is 2. The number of aliphatic hydroxyl groups excluding tert-OH is 2. The van der Waals surface area contributed by atoms with Crippen molar-refractivity contribution in [2.45, 2.75) is 39.9 Å². The summed E-state index contributed by atoms with van der Waals surface area (Å²) in [6.45, 7) is 2.56. The van der Waals surface area contributed by atoms with E-state index < -0.39 is 11.9 Å². The first-order valence-corrected chi connectivity index (χ1v) is 6.84. The number of Topliss-reactive ketones (excluding diaryl/α,β-unsaturated/α-hetero) is 2. The molecule has 0 atom stereocenters. The number of aliphatic hydroxyl groups is 2. The summed E-state index contributed by atoms with van der Waals surface area (Å²) in [6, 6.07) is 7.23. The van der Waals surface area contributed by atoms with Gasteiger partial charge in [-0.15, -0.1) is 0 Å². The van der Waals surface area contributed by atoms with Crippen LogP contribution in [0.15, 0.2) is 24.3 Å². The van der Waals surface area contributed by atoms with Crippen molar-refractivity contribution >= 4 is 23.5 Å². The van der Waals surface area contributed by atoms with Gasteiger partial charge < -0.3 is 20.4 Å². The summed E-state index contributed by atoms with van der Waals surface area (Å²) >= 11 is 0. The number of carboxylic acids is 2. The van der Waals surface area contributed by atoms with Crippen LogP contribution in [0.2, 0.25) is 0 Å². The third-order valence-corrected chi connectivity index (χ3v) is 2.16. The molecular formula is C16H22O8. The van der Waals surface area contributed by atoms with Crippen molar-refractivity contribution in [1.82, 2.24) is 0 Å². The summed E-state index contributed by atoms with van der Waals surface area (Å²) in [4.78, 5) is 38.9. The second-order valence-electron chi connectivity index (χ2n) is 4.68. The van der Waals surface area contributed by atoms with E-state index in [4.69, 9.17) is 20.4 Å². The molecule has 8 heteroatoms. The molecule has 0 aliphatic carbocycles. The third kappa shape index (κ3) is 17.5. The minimum absolute atomic E-state index is 0.0356. The Hall–Kier alpha value is -2.58. The maximum Gasteiger partial charge on any atom is 0.310 e. The van der Waals surface area contributed by atoms with E-state index in [1.54, 1.807) is 6.07 Å². The molecule has 4 N–H and O–H groups in total. The summed E-state index contributed by atoms with van der Waals surface area (Å²) in [5, 5.41) is 33.1. The summed E-state index contributed by atoms with van der Waals surface area (Å²) in [6.07, 6.45) is -0.722. The van der Waals surface area contributed by atoms with Gasteiger partial charge in [0.25, 0.3) is 0 Å². The molecule has 0 unspecified atom stereocenters. The minimum Gasteiger partial charge on any atom is -0.481 e. The molecule has 0 heterocycles. The average Bonchev–Trinajstić information content (AvgIpc) is 2.45. The lowest BCUT2D eigenvalue weighted by Gasteiger charge is -1.97. The fraction of sp³-hybridized carbons (Fsp3) is 0.375. The van der Waals surface area contributed by atoms with Gasteiger partial charge in [0.2, 0.25) is 0 Å². The molecule has 1 aromatic carbocycles. The van der Waals surface area contributed by atoms with Crippen LogP contribution in [0, 0.1) is 0 Å². The number of hydrogen-bond donors (Lipinski definition) is 4. The normalized spacial score (nSPS) is 8.83. The van der Waals surface area contributed by atoms with Gasteiger partial charge in [0, 0.05) is 0 Å². The van der Waals surface area contributed by atoms with Gasteiger partial charge in [0.1, 0.15) is 24.4 Å². The van der Waals surface area contributed by atoms with E-state index in [-0.39, 0.29) is 37.6 Å². The molecule has 0 bridgehead atoms. The van der Waals surface area contributed by atoms with Crippen LogP contribution < -0.4 is 0 Å². The van der Waals surface area contributed by atoms with Gasteiger partial charge in [-0.2, -0.15) is 0 Å². The van der Waals surface area contributed by atoms with Crippen LogP contribution >= 0.6 is 0 Å². The lowest BCUT2D eigenvalue weighted by atomic mass is 10.1. The summed E-state index contributed by atoms with van der Waals surface area (Å²) in [5.41, 5.74) is 1.68. The Morgan fingerprint density at radius 1 is 0.792 bits per heavy atom. The van der Waals surface area contributed by atoms with E-state index in [2.05, 4.69) is 0 Å². The molecule has 1 aromatic rings. The van der Waals surface area contributed by atoms with Crippen LogP contribution in [0.4, 0.5) is 0 Å². The number of aliphatic carboxylic acids is 2. The molecule has 0 spiro atoms. The van der Waals surface area contributed by atoms with Crippen molar-refractivity contribution in [3.8, 4) is 0 Å². The Labute approximate surface area is 139 Å². The summed E-state index contributed by atoms with van der Waals surface area (Å²) in [5.74, 6) is -2.75. The van der Waals surface area contributed by atoms with E-state index in [0.717, 1.165) is 11.1 Å². The number of hydrogen-bond acceptors (Lipinski definition) is 6. The predicted octanol–water partition coefficient (Wildman–Crippen LogP) is 0.771. The zero-order chi connectivity index (χ0) is 19.1. The molecule has 0 fully saturated rings. The van der Waals surface area contributed by atoms with Crippen molar-refractivity contribution in [1.29, 1.82) is 0 Å². The van der Waals surface area contributed by atoms with E-state index in [1.165, 1.54) is 13.8 Å². The highest BCUT2D eigenvalue weighted by Gasteiger charge is 1.98. The Balaban J connectivity index is 0. The van der Waals surface area contributed by atoms with Gasteiger partial charge >= 0.3 is 11.9 Å². The molecule has 0 aliphatic heterocycles. The minimum atomic E-state index is -1.06. The average molecular weight is 342 g/mol. The van der Waals surface area contributed by atoms with E-state index in [0.29, 0.717) is 0 Å². The quantitative estimate of drug-likeness (QED) is 0.554. The van der Waals surface area contributed by atoms with Gasteiger partial charge in [-0.05, 0) is 25.0 Å². The molecule has 0 saturated heterocycles. The first kappa shape index (κ1) is 23.7. The molecule has 0 radical (unpaired) electrons. The standard InChI is InChI=1S/C8H10O2.2C4H6O3/c9-5-7-2-1-3-8(4-7)6-10;2*1-3(5)2-4(6)7/h1-4,9-10H,5-6H2;2*2H2,1H3,(H,6,7). The van der Waals surface area contributed by atoms with Gasteiger partial charge in [0.05, 0.1) is 13.2 Å². The van der Waals surface area contributed by atoms with Gasteiger partial charge in [-0.1, -0.05) is 24.3 Å². The number of carbonyl (C=O) groups excluding carboxylic acids is 2. The van der Waals surface area contributed by atoms with Crippen LogP contribution in [0.3, 0.4) is 0 Å². The summed E-state index contributed by atoms with van der Waals surface area (Å²) < 4.78 is 0. The number of rotatable bonds is 6. The summed E-state index contributed by atoms with van der Waals surface area (Å²) in [7, 11) is 0. The fourth-order valence-corrected chi connectivity index (χ4v) is 1.25. The molecule has 24 heavy (non-hydrogen) atoms. The zero-order valence-corrected chi connectivity index (χ0v) is 13.6. The Bertz CT molecular complexity index is 482. The SMILES string of the molecule is CC(=O)CC(=O)O.CC(=O)CC(=O)O.OCc1cccc(CO)c1. The van der Waals surface area contributed by atoms with Crippen molar-refractivity contribution in [2.24, 2.45) is 0 Å². The van der Waals surface area contributed by atoms with Gasteiger partial charge in [-0.25, -0.2) is 0 Å². The zero-order valence-electron chi connectivity index (χ0n) is 13.6. The number of ketones is 2. The topological polar surface area (TPSA) is 149 Å². The van der Waals surface area contributed by atoms with E-state index in [9.17, 15) is 19.2 Å². The highest BCUT2D eigenvalue weighted by atomic mass is 16.4. The maximum atomic E-state index is 9.87. The molecule has 0 aromatic heterocycles. The molecule has 0 aliphatic rings. The Morgan fingerprint density at radius 2 is 1.12 bits per heavy atom. The first-order chi connectivity index (χ1) is 11.1. The Morgan fingerprint density at radius 3 is 1.29 bits per heavy atom. The molecule has 8 nitrogen and oxygen atoms in total. The van der Waals surface area contributed by atoms with Crippen molar-refractivity contribution in [3.63, 3.8) is 0 Å². The van der Waals surface area contributed by atoms with Crippen LogP contribution in [0.5, 0.6) is 0 Å². The lowest BCUT2D eigenvalue weighted by Crippen LogP contribution is -2.00. The monoisotopic (exact) mass is 342 g/mol. The van der Waals surface area contributed by atoms with Crippen LogP contribution in [-0.2, 0) is 32.4 Å². The predicted molar refractivity (Wildman–Crippen MR) is 84.2 cm³/mol. The molecule has 1 rings (SSSR count). The van der Waals surface area contributed by atoms with Gasteiger partial charge in [-0.3, -0.25) is 19.2 Å². The Kier molecular flexibility index (Phi) is 13.9. The molecule has 134 valence electrons. The fourth-order valence-electron chi connectivity index (χ4n) is 1.25. The second-order valence-corrected chi connectivity index (χ2v) is 4.68. The highest BCUT2D eigenvalue weighted by Crippen LogP contribution is 2.04.